The van der Waals surface area contributed by atoms with Crippen LogP contribution in [-0.2, 0) is 13.0 Å². The SMILES string of the molecule is CC(=O)c1ccc(C#N)cc1N1CCc2[nH]c3ccc(F)cc3c2C1. The number of H-pyrrole nitrogens is 1. The highest BCUT2D eigenvalue weighted by Crippen LogP contribution is 2.32. The number of carbonyl (C=O) groups excluding carboxylic acids is 1. The maximum atomic E-state index is 13.7. The van der Waals surface area contributed by atoms with Gasteiger partial charge >= 0.3 is 0 Å². The van der Waals surface area contributed by atoms with Crippen LogP contribution in [0.3, 0.4) is 0 Å². The molecule has 0 amide bonds. The van der Waals surface area contributed by atoms with Gasteiger partial charge in [-0.15, -0.1) is 0 Å². The molecule has 1 aromatic heterocycles. The minimum Gasteiger partial charge on any atom is -0.366 e. The molecule has 4 rings (SSSR count). The van der Waals surface area contributed by atoms with Gasteiger partial charge in [-0.3, -0.25) is 4.79 Å². The summed E-state index contributed by atoms with van der Waals surface area (Å²) in [6, 6.07) is 12.0. The van der Waals surface area contributed by atoms with Crippen LogP contribution < -0.4 is 4.90 Å². The smallest absolute Gasteiger partial charge is 0.161 e. The van der Waals surface area contributed by atoms with E-state index in [1.165, 1.54) is 13.0 Å². The summed E-state index contributed by atoms with van der Waals surface area (Å²) in [6.45, 7) is 2.84. The van der Waals surface area contributed by atoms with Crippen molar-refractivity contribution in [2.24, 2.45) is 0 Å². The lowest BCUT2D eigenvalue weighted by atomic mass is 10.0. The zero-order valence-electron chi connectivity index (χ0n) is 13.8. The number of hydrogen-bond acceptors (Lipinski definition) is 3. The van der Waals surface area contributed by atoms with Crippen LogP contribution in [-0.4, -0.2) is 17.3 Å². The van der Waals surface area contributed by atoms with E-state index in [1.54, 1.807) is 30.3 Å². The summed E-state index contributed by atoms with van der Waals surface area (Å²) in [5.41, 5.74) is 4.98. The Morgan fingerprint density at radius 3 is 2.88 bits per heavy atom. The van der Waals surface area contributed by atoms with Gasteiger partial charge in [-0.1, -0.05) is 0 Å². The maximum Gasteiger partial charge on any atom is 0.161 e. The minimum atomic E-state index is -0.262. The largest absolute Gasteiger partial charge is 0.366 e. The average molecular weight is 333 g/mol. The van der Waals surface area contributed by atoms with E-state index in [2.05, 4.69) is 16.0 Å². The summed E-state index contributed by atoms with van der Waals surface area (Å²) >= 11 is 0. The van der Waals surface area contributed by atoms with Gasteiger partial charge < -0.3 is 9.88 Å². The summed E-state index contributed by atoms with van der Waals surface area (Å²) in [6.07, 6.45) is 0.778. The lowest BCUT2D eigenvalue weighted by molar-refractivity contribution is 0.101. The first-order chi connectivity index (χ1) is 12.1. The Bertz CT molecular complexity index is 1050. The number of nitrogens with one attached hydrogen (secondary N) is 1. The molecule has 0 saturated carbocycles. The fourth-order valence-corrected chi connectivity index (χ4v) is 3.55. The zero-order chi connectivity index (χ0) is 17.6. The number of hydrogen-bond donors (Lipinski definition) is 1. The zero-order valence-corrected chi connectivity index (χ0v) is 13.8. The predicted molar refractivity (Wildman–Crippen MR) is 94.2 cm³/mol. The Labute approximate surface area is 144 Å². The predicted octanol–water partition coefficient (Wildman–Crippen LogP) is 3.94. The molecule has 0 fully saturated rings. The van der Waals surface area contributed by atoms with Crippen LogP contribution in [0.2, 0.25) is 0 Å². The molecule has 3 aromatic rings. The molecule has 0 atom stereocenters. The minimum absolute atomic E-state index is 0.0322. The van der Waals surface area contributed by atoms with Crippen LogP contribution in [0.5, 0.6) is 0 Å². The molecule has 2 aromatic carbocycles. The summed E-state index contributed by atoms with van der Waals surface area (Å²) in [5, 5.41) is 10.1. The molecule has 2 heterocycles. The molecular weight excluding hydrogens is 317 g/mol. The topological polar surface area (TPSA) is 59.9 Å². The third-order valence-electron chi connectivity index (χ3n) is 4.78. The van der Waals surface area contributed by atoms with Crippen molar-refractivity contribution in [1.82, 2.24) is 4.98 Å². The molecule has 124 valence electrons. The average Bonchev–Trinajstić information content (AvgIpc) is 2.98. The molecule has 25 heavy (non-hydrogen) atoms. The van der Waals surface area contributed by atoms with E-state index < -0.39 is 0 Å². The number of ketones is 1. The van der Waals surface area contributed by atoms with Crippen molar-refractivity contribution < 1.29 is 9.18 Å². The normalized spacial score (nSPS) is 13.6. The second-order valence-corrected chi connectivity index (χ2v) is 6.34. The molecule has 0 radical (unpaired) electrons. The Morgan fingerprint density at radius 1 is 1.28 bits per heavy atom. The quantitative estimate of drug-likeness (QED) is 0.723. The van der Waals surface area contributed by atoms with Crippen LogP contribution in [0.1, 0.15) is 34.1 Å². The summed E-state index contributed by atoms with van der Waals surface area (Å²) in [4.78, 5) is 17.5. The number of aromatic amines is 1. The number of rotatable bonds is 2. The number of aromatic nitrogens is 1. The highest BCUT2D eigenvalue weighted by atomic mass is 19.1. The molecular formula is C20H16FN3O. The third-order valence-corrected chi connectivity index (χ3v) is 4.78. The van der Waals surface area contributed by atoms with Crippen molar-refractivity contribution in [3.8, 4) is 6.07 Å². The van der Waals surface area contributed by atoms with Gasteiger partial charge in [-0.05, 0) is 43.3 Å². The van der Waals surface area contributed by atoms with Crippen LogP contribution in [0.15, 0.2) is 36.4 Å². The van der Waals surface area contributed by atoms with Crippen molar-refractivity contribution in [3.63, 3.8) is 0 Å². The molecule has 0 unspecified atom stereocenters. The monoisotopic (exact) mass is 333 g/mol. The number of anilines is 1. The number of fused-ring (bicyclic) bond motifs is 3. The molecule has 0 aliphatic carbocycles. The number of nitriles is 1. The highest BCUT2D eigenvalue weighted by molar-refractivity contribution is 6.00. The number of carbonyl (C=O) groups is 1. The first-order valence-electron chi connectivity index (χ1n) is 8.16. The molecule has 1 N–H and O–H groups in total. The maximum absolute atomic E-state index is 13.7. The Hall–Kier alpha value is -3.13. The van der Waals surface area contributed by atoms with Gasteiger partial charge in [0.15, 0.2) is 5.78 Å². The first-order valence-corrected chi connectivity index (χ1v) is 8.16. The number of halogens is 1. The van der Waals surface area contributed by atoms with E-state index in [0.29, 0.717) is 17.7 Å². The summed E-state index contributed by atoms with van der Waals surface area (Å²) < 4.78 is 13.7. The lowest BCUT2D eigenvalue weighted by Crippen LogP contribution is -2.31. The van der Waals surface area contributed by atoms with Crippen LogP contribution >= 0.6 is 0 Å². The van der Waals surface area contributed by atoms with Crippen molar-refractivity contribution in [2.75, 3.05) is 11.4 Å². The summed E-state index contributed by atoms with van der Waals surface area (Å²) in [5.74, 6) is -0.294. The van der Waals surface area contributed by atoms with Crippen molar-refractivity contribution >= 4 is 22.4 Å². The van der Waals surface area contributed by atoms with Gasteiger partial charge in [0.1, 0.15) is 5.82 Å². The van der Waals surface area contributed by atoms with Crippen molar-refractivity contribution in [2.45, 2.75) is 19.9 Å². The molecule has 0 bridgehead atoms. The van der Waals surface area contributed by atoms with Crippen LogP contribution in [0, 0.1) is 17.1 Å². The molecule has 1 aliphatic heterocycles. The fraction of sp³-hybridized carbons (Fsp3) is 0.200. The van der Waals surface area contributed by atoms with E-state index in [4.69, 9.17) is 0 Å². The van der Waals surface area contributed by atoms with E-state index in [-0.39, 0.29) is 11.6 Å². The highest BCUT2D eigenvalue weighted by Gasteiger charge is 2.23. The van der Waals surface area contributed by atoms with Gasteiger partial charge in [0.2, 0.25) is 0 Å². The van der Waals surface area contributed by atoms with Crippen LogP contribution in [0.4, 0.5) is 10.1 Å². The van der Waals surface area contributed by atoms with Crippen molar-refractivity contribution in [3.05, 3.63) is 64.6 Å². The van der Waals surface area contributed by atoms with E-state index >= 15 is 0 Å². The molecule has 5 heteroatoms. The van der Waals surface area contributed by atoms with Crippen molar-refractivity contribution in [1.29, 1.82) is 5.26 Å². The number of Topliss-reactive ketones (excluding diaryl/α,β-unsaturated/α-hetero) is 1. The molecule has 0 saturated heterocycles. The van der Waals surface area contributed by atoms with Gasteiger partial charge in [0.25, 0.3) is 0 Å². The van der Waals surface area contributed by atoms with Gasteiger partial charge in [-0.2, -0.15) is 5.26 Å². The van der Waals surface area contributed by atoms with Crippen LogP contribution in [0.25, 0.3) is 10.9 Å². The standard InChI is InChI=1S/C20H16FN3O/c1-12(25)15-4-2-13(10-22)8-20(15)24-7-6-19-17(11-24)16-9-14(21)3-5-18(16)23-19/h2-5,8-9,23H,6-7,11H2,1H3. The van der Waals surface area contributed by atoms with E-state index in [0.717, 1.165) is 40.8 Å². The lowest BCUT2D eigenvalue weighted by Gasteiger charge is -2.30. The second kappa shape index (κ2) is 5.75. The van der Waals surface area contributed by atoms with E-state index in [1.807, 2.05) is 0 Å². The van der Waals surface area contributed by atoms with Gasteiger partial charge in [0.05, 0.1) is 11.6 Å². The number of nitrogens with zero attached hydrogens (tertiary/aromatic N) is 2. The molecule has 1 aliphatic rings. The third kappa shape index (κ3) is 2.56. The number of benzene rings is 2. The second-order valence-electron chi connectivity index (χ2n) is 6.34. The van der Waals surface area contributed by atoms with Gasteiger partial charge in [0, 0.05) is 52.9 Å². The Balaban J connectivity index is 1.80. The first kappa shape index (κ1) is 15.4. The molecule has 4 nitrogen and oxygen atoms in total. The molecule has 0 spiro atoms. The fourth-order valence-electron chi connectivity index (χ4n) is 3.55. The van der Waals surface area contributed by atoms with E-state index in [9.17, 15) is 14.4 Å². The summed E-state index contributed by atoms with van der Waals surface area (Å²) in [7, 11) is 0. The Kier molecular flexibility index (Phi) is 3.54. The van der Waals surface area contributed by atoms with Gasteiger partial charge in [-0.25, -0.2) is 4.39 Å². The Morgan fingerprint density at radius 2 is 2.12 bits per heavy atom.